The molecule has 0 radical (unpaired) electrons. The van der Waals surface area contributed by atoms with Gasteiger partial charge in [-0.15, -0.1) is 24.0 Å². The number of hydrogen-bond acceptors (Lipinski definition) is 3. The van der Waals surface area contributed by atoms with Crippen LogP contribution in [0, 0.1) is 19.8 Å². The highest BCUT2D eigenvalue weighted by Gasteiger charge is 2.31. The summed E-state index contributed by atoms with van der Waals surface area (Å²) in [7, 11) is 1.78. The molecule has 1 amide bonds. The van der Waals surface area contributed by atoms with Crippen LogP contribution in [0.1, 0.15) is 55.6 Å². The van der Waals surface area contributed by atoms with Crippen LogP contribution in [-0.2, 0) is 11.3 Å². The topological polar surface area (TPSA) is 78.7 Å². The number of carbonyl (C=O) groups is 1. The molecule has 3 N–H and O–H groups in total. The van der Waals surface area contributed by atoms with Gasteiger partial charge in [-0.1, -0.05) is 6.42 Å². The van der Waals surface area contributed by atoms with Gasteiger partial charge in [0.15, 0.2) is 5.96 Å². The fraction of sp³-hybridized carbons (Fsp3) is 0.684. The Bertz CT molecular complexity index is 639. The van der Waals surface area contributed by atoms with Crippen LogP contribution in [0.5, 0.6) is 0 Å². The van der Waals surface area contributed by atoms with E-state index in [2.05, 4.69) is 27.0 Å². The summed E-state index contributed by atoms with van der Waals surface area (Å²) in [5.41, 5.74) is 1.14. The van der Waals surface area contributed by atoms with Crippen LogP contribution in [0.2, 0.25) is 0 Å². The first-order chi connectivity index (χ1) is 12.0. The monoisotopic (exact) mass is 474 g/mol. The molecule has 0 bridgehead atoms. The van der Waals surface area contributed by atoms with E-state index in [1.807, 2.05) is 13.8 Å². The Morgan fingerprint density at radius 3 is 2.58 bits per heavy atom. The van der Waals surface area contributed by atoms with Crippen molar-refractivity contribution in [1.82, 2.24) is 16.0 Å². The van der Waals surface area contributed by atoms with Crippen molar-refractivity contribution in [2.75, 3.05) is 7.05 Å². The standard InChI is InChI=1S/C19H30N4O2.HI/c1-12-9-15(13(2)25-12)11-21-19(20-3)23-17-6-4-5-14(10-17)18(24)22-16-7-8-16;/h9,14,16-17H,4-8,10-11H2,1-3H3,(H,22,24)(H2,20,21,23);1H. The molecule has 6 nitrogen and oxygen atoms in total. The quantitative estimate of drug-likeness (QED) is 0.348. The van der Waals surface area contributed by atoms with E-state index in [4.69, 9.17) is 4.42 Å². The lowest BCUT2D eigenvalue weighted by Gasteiger charge is -2.30. The minimum atomic E-state index is 0. The number of nitrogens with zero attached hydrogens (tertiary/aromatic N) is 1. The van der Waals surface area contributed by atoms with Crippen LogP contribution >= 0.6 is 24.0 Å². The average Bonchev–Trinajstić information content (AvgIpc) is 3.35. The molecular weight excluding hydrogens is 443 g/mol. The molecule has 26 heavy (non-hydrogen) atoms. The first-order valence-electron chi connectivity index (χ1n) is 9.38. The SMILES string of the molecule is CN=C(NCc1cc(C)oc1C)NC1CCCC(C(=O)NC2CC2)C1.I. The Kier molecular flexibility index (Phi) is 7.79. The van der Waals surface area contributed by atoms with Crippen molar-refractivity contribution in [3.05, 3.63) is 23.2 Å². The highest BCUT2D eigenvalue weighted by molar-refractivity contribution is 14.0. The molecule has 7 heteroatoms. The molecule has 2 fully saturated rings. The van der Waals surface area contributed by atoms with Gasteiger partial charge in [-0.25, -0.2) is 0 Å². The van der Waals surface area contributed by atoms with Gasteiger partial charge in [-0.3, -0.25) is 9.79 Å². The third-order valence-corrected chi connectivity index (χ3v) is 5.12. The zero-order valence-corrected chi connectivity index (χ0v) is 18.3. The maximum Gasteiger partial charge on any atom is 0.223 e. The molecule has 1 heterocycles. The van der Waals surface area contributed by atoms with E-state index >= 15 is 0 Å². The number of guanidine groups is 1. The third-order valence-electron chi connectivity index (χ3n) is 5.12. The molecule has 2 unspecified atom stereocenters. The second-order valence-electron chi connectivity index (χ2n) is 7.35. The lowest BCUT2D eigenvalue weighted by molar-refractivity contribution is -0.126. The van der Waals surface area contributed by atoms with E-state index < -0.39 is 0 Å². The lowest BCUT2D eigenvalue weighted by atomic mass is 9.85. The normalized spacial score (nSPS) is 23.1. The molecule has 146 valence electrons. The van der Waals surface area contributed by atoms with Gasteiger partial charge in [0.25, 0.3) is 0 Å². The van der Waals surface area contributed by atoms with Crippen LogP contribution in [-0.4, -0.2) is 31.0 Å². The molecule has 2 saturated carbocycles. The Hall–Kier alpha value is -1.25. The van der Waals surface area contributed by atoms with Gasteiger partial charge in [0.2, 0.25) is 5.91 Å². The van der Waals surface area contributed by atoms with E-state index in [-0.39, 0.29) is 35.8 Å². The number of halogens is 1. The summed E-state index contributed by atoms with van der Waals surface area (Å²) in [5.74, 6) is 3.01. The average molecular weight is 474 g/mol. The fourth-order valence-corrected chi connectivity index (χ4v) is 3.53. The molecule has 0 aromatic carbocycles. The van der Waals surface area contributed by atoms with Crippen molar-refractivity contribution in [2.45, 2.75) is 71.0 Å². The number of carbonyl (C=O) groups excluding carboxylic acids is 1. The van der Waals surface area contributed by atoms with E-state index in [1.165, 1.54) is 0 Å². The second-order valence-corrected chi connectivity index (χ2v) is 7.35. The van der Waals surface area contributed by atoms with Crippen molar-refractivity contribution in [1.29, 1.82) is 0 Å². The number of rotatable bonds is 5. The van der Waals surface area contributed by atoms with Crippen LogP contribution < -0.4 is 16.0 Å². The van der Waals surface area contributed by atoms with Gasteiger partial charge < -0.3 is 20.4 Å². The molecule has 0 saturated heterocycles. The zero-order valence-electron chi connectivity index (χ0n) is 15.9. The van der Waals surface area contributed by atoms with Crippen molar-refractivity contribution in [2.24, 2.45) is 10.9 Å². The molecule has 2 aliphatic carbocycles. The predicted molar refractivity (Wildman–Crippen MR) is 114 cm³/mol. The predicted octanol–water partition coefficient (Wildman–Crippen LogP) is 3.02. The van der Waals surface area contributed by atoms with Gasteiger partial charge in [-0.2, -0.15) is 0 Å². The second kappa shape index (κ2) is 9.62. The molecule has 1 aromatic rings. The van der Waals surface area contributed by atoms with Crippen molar-refractivity contribution >= 4 is 35.8 Å². The van der Waals surface area contributed by atoms with E-state index in [0.717, 1.165) is 61.6 Å². The first kappa shape index (κ1) is 21.1. The Morgan fingerprint density at radius 2 is 1.96 bits per heavy atom. The third kappa shape index (κ3) is 5.89. The van der Waals surface area contributed by atoms with Crippen LogP contribution in [0.15, 0.2) is 15.5 Å². The maximum atomic E-state index is 12.3. The minimum absolute atomic E-state index is 0. The summed E-state index contributed by atoms with van der Waals surface area (Å²) in [6, 6.07) is 2.79. The van der Waals surface area contributed by atoms with E-state index in [0.29, 0.717) is 18.6 Å². The minimum Gasteiger partial charge on any atom is -0.466 e. The van der Waals surface area contributed by atoms with Crippen molar-refractivity contribution in [3.8, 4) is 0 Å². The number of hydrogen-bond donors (Lipinski definition) is 3. The highest BCUT2D eigenvalue weighted by atomic mass is 127. The number of nitrogens with one attached hydrogen (secondary N) is 3. The Morgan fingerprint density at radius 1 is 1.19 bits per heavy atom. The maximum absolute atomic E-state index is 12.3. The molecule has 0 spiro atoms. The lowest BCUT2D eigenvalue weighted by Crippen LogP contribution is -2.47. The van der Waals surface area contributed by atoms with Gasteiger partial charge in [0, 0.05) is 37.2 Å². The number of aliphatic imine (C=N–C) groups is 1. The fourth-order valence-electron chi connectivity index (χ4n) is 3.53. The van der Waals surface area contributed by atoms with Gasteiger partial charge in [0.05, 0.1) is 0 Å². The van der Waals surface area contributed by atoms with Crippen LogP contribution in [0.25, 0.3) is 0 Å². The Labute approximate surface area is 173 Å². The summed E-state index contributed by atoms with van der Waals surface area (Å²) in [6.45, 7) is 4.62. The zero-order chi connectivity index (χ0) is 17.8. The number of aryl methyl sites for hydroxylation is 2. The number of amides is 1. The van der Waals surface area contributed by atoms with E-state index in [1.54, 1.807) is 7.05 Å². The van der Waals surface area contributed by atoms with Crippen LogP contribution in [0.3, 0.4) is 0 Å². The summed E-state index contributed by atoms with van der Waals surface area (Å²) < 4.78 is 5.56. The molecule has 0 aliphatic heterocycles. The summed E-state index contributed by atoms with van der Waals surface area (Å²) in [4.78, 5) is 16.6. The molecule has 2 aliphatic rings. The summed E-state index contributed by atoms with van der Waals surface area (Å²) >= 11 is 0. The van der Waals surface area contributed by atoms with Crippen LogP contribution in [0.4, 0.5) is 0 Å². The van der Waals surface area contributed by atoms with Crippen molar-refractivity contribution < 1.29 is 9.21 Å². The molecule has 2 atom stereocenters. The van der Waals surface area contributed by atoms with Gasteiger partial charge >= 0.3 is 0 Å². The van der Waals surface area contributed by atoms with Crippen molar-refractivity contribution in [3.63, 3.8) is 0 Å². The van der Waals surface area contributed by atoms with Gasteiger partial charge in [0.1, 0.15) is 11.5 Å². The molecule has 3 rings (SSSR count). The first-order valence-corrected chi connectivity index (χ1v) is 9.38. The van der Waals surface area contributed by atoms with Gasteiger partial charge in [-0.05, 0) is 52.0 Å². The highest BCUT2D eigenvalue weighted by Crippen LogP contribution is 2.26. The Balaban J connectivity index is 0.00000243. The largest absolute Gasteiger partial charge is 0.466 e. The smallest absolute Gasteiger partial charge is 0.223 e. The van der Waals surface area contributed by atoms with E-state index in [9.17, 15) is 4.79 Å². The summed E-state index contributed by atoms with van der Waals surface area (Å²) in [6.07, 6.45) is 6.32. The summed E-state index contributed by atoms with van der Waals surface area (Å²) in [5, 5.41) is 9.98. The molecular formula is C19H31IN4O2. The number of furan rings is 1. The molecule has 1 aromatic heterocycles.